The largest absolute Gasteiger partial charge is 0.508 e. The number of phenolic OH excluding ortho intramolecular Hbond substituents is 1. The Morgan fingerprint density at radius 3 is 2.61 bits per heavy atom. The number of aryl methyl sites for hydroxylation is 4. The van der Waals surface area contributed by atoms with E-state index in [1.807, 2.05) is 24.5 Å². The molecule has 0 aliphatic rings. The number of aromatic amines is 1. The highest BCUT2D eigenvalue weighted by Crippen LogP contribution is 2.32. The topological polar surface area (TPSA) is 58.8 Å². The van der Waals surface area contributed by atoms with Gasteiger partial charge < -0.3 is 9.67 Å². The molecule has 0 saturated carbocycles. The molecule has 0 unspecified atom stereocenters. The highest BCUT2D eigenvalue weighted by atomic mass is 32.1. The third-order valence-corrected chi connectivity index (χ3v) is 6.04. The van der Waals surface area contributed by atoms with Gasteiger partial charge in [-0.2, -0.15) is 5.10 Å². The molecule has 2 heterocycles. The number of nitrogens with one attached hydrogen (secondary N) is 1. The summed E-state index contributed by atoms with van der Waals surface area (Å²) in [6.07, 6.45) is 0.749. The minimum absolute atomic E-state index is 0.321. The lowest BCUT2D eigenvalue weighted by Gasteiger charge is -2.12. The Morgan fingerprint density at radius 2 is 1.89 bits per heavy atom. The number of H-pyrrole nitrogens is 1. The van der Waals surface area contributed by atoms with Crippen molar-refractivity contribution in [3.05, 3.63) is 57.5 Å². The minimum atomic E-state index is 0.321. The molecule has 0 saturated heterocycles. The highest BCUT2D eigenvalue weighted by Gasteiger charge is 2.17. The second kappa shape index (κ2) is 6.63. The van der Waals surface area contributed by atoms with Crippen LogP contribution in [0.5, 0.6) is 5.75 Å². The molecule has 0 spiro atoms. The molecule has 0 fully saturated rings. The molecule has 6 heteroatoms. The standard InChI is InChI=1S/C22H24N4OS/c1-6-15-10-17(12(2)9-20(15)27)21-23-24-22(28)26(21)16-7-8-19-18(11-16)13(3)14(4)25(19)5/h7-11,27H,6H2,1-5H3,(H,24,28). The van der Waals surface area contributed by atoms with Gasteiger partial charge in [-0.15, -0.1) is 0 Å². The van der Waals surface area contributed by atoms with Crippen LogP contribution >= 0.6 is 12.2 Å². The van der Waals surface area contributed by atoms with Crippen molar-refractivity contribution in [2.45, 2.75) is 34.1 Å². The Labute approximate surface area is 169 Å². The summed E-state index contributed by atoms with van der Waals surface area (Å²) < 4.78 is 4.72. The Hall–Kier alpha value is -2.86. The first kappa shape index (κ1) is 18.5. The second-order valence-corrected chi connectivity index (χ2v) is 7.69. The first-order valence-corrected chi connectivity index (χ1v) is 9.80. The van der Waals surface area contributed by atoms with Gasteiger partial charge in [0, 0.05) is 29.2 Å². The lowest BCUT2D eigenvalue weighted by atomic mass is 10.0. The lowest BCUT2D eigenvalue weighted by Crippen LogP contribution is -2.00. The van der Waals surface area contributed by atoms with E-state index >= 15 is 0 Å². The van der Waals surface area contributed by atoms with E-state index in [2.05, 4.69) is 53.9 Å². The molecule has 0 radical (unpaired) electrons. The Balaban J connectivity index is 1.97. The van der Waals surface area contributed by atoms with Crippen LogP contribution in [0, 0.1) is 25.5 Å². The van der Waals surface area contributed by atoms with Crippen molar-refractivity contribution >= 4 is 23.1 Å². The predicted octanol–water partition coefficient (Wildman–Crippen LogP) is 5.28. The fourth-order valence-electron chi connectivity index (χ4n) is 3.86. The fourth-order valence-corrected chi connectivity index (χ4v) is 4.10. The summed E-state index contributed by atoms with van der Waals surface area (Å²) in [6.45, 7) is 8.29. The Kier molecular flexibility index (Phi) is 4.38. The van der Waals surface area contributed by atoms with E-state index < -0.39 is 0 Å². The minimum Gasteiger partial charge on any atom is -0.508 e. The molecule has 0 bridgehead atoms. The van der Waals surface area contributed by atoms with Gasteiger partial charge in [0.15, 0.2) is 10.6 Å². The molecule has 4 rings (SSSR count). The van der Waals surface area contributed by atoms with Crippen LogP contribution < -0.4 is 0 Å². The number of aromatic hydroxyl groups is 1. The molecule has 2 aromatic heterocycles. The van der Waals surface area contributed by atoms with E-state index in [1.54, 1.807) is 6.07 Å². The molecule has 144 valence electrons. The number of benzene rings is 2. The predicted molar refractivity (Wildman–Crippen MR) is 116 cm³/mol. The van der Waals surface area contributed by atoms with Crippen molar-refractivity contribution in [3.63, 3.8) is 0 Å². The zero-order valence-electron chi connectivity index (χ0n) is 16.8. The Morgan fingerprint density at radius 1 is 1.14 bits per heavy atom. The van der Waals surface area contributed by atoms with Crippen LogP contribution in [0.25, 0.3) is 28.0 Å². The Bertz CT molecular complexity index is 1280. The average molecular weight is 393 g/mol. The van der Waals surface area contributed by atoms with Crippen LogP contribution in [0.1, 0.15) is 29.3 Å². The average Bonchev–Trinajstić information content (AvgIpc) is 3.15. The summed E-state index contributed by atoms with van der Waals surface area (Å²) in [6, 6.07) is 10.2. The van der Waals surface area contributed by atoms with E-state index in [9.17, 15) is 5.11 Å². The van der Waals surface area contributed by atoms with Gasteiger partial charge in [-0.25, -0.2) is 0 Å². The van der Waals surface area contributed by atoms with Gasteiger partial charge in [-0.1, -0.05) is 6.92 Å². The van der Waals surface area contributed by atoms with E-state index in [4.69, 9.17) is 12.2 Å². The van der Waals surface area contributed by atoms with Crippen LogP contribution in [0.15, 0.2) is 30.3 Å². The molecule has 0 aliphatic heterocycles. The van der Waals surface area contributed by atoms with E-state index in [0.717, 1.165) is 34.6 Å². The number of hydrogen-bond donors (Lipinski definition) is 2. The van der Waals surface area contributed by atoms with E-state index in [0.29, 0.717) is 10.5 Å². The quantitative estimate of drug-likeness (QED) is 0.466. The van der Waals surface area contributed by atoms with Gasteiger partial charge >= 0.3 is 0 Å². The summed E-state index contributed by atoms with van der Waals surface area (Å²) in [4.78, 5) is 0. The van der Waals surface area contributed by atoms with Crippen LogP contribution in [0.3, 0.4) is 0 Å². The maximum Gasteiger partial charge on any atom is 0.200 e. The van der Waals surface area contributed by atoms with E-state index in [1.165, 1.54) is 22.2 Å². The number of hydrogen-bond acceptors (Lipinski definition) is 3. The van der Waals surface area contributed by atoms with Crippen LogP contribution in [0.2, 0.25) is 0 Å². The number of aromatic nitrogens is 4. The van der Waals surface area contributed by atoms with Crippen molar-refractivity contribution in [2.24, 2.45) is 7.05 Å². The van der Waals surface area contributed by atoms with Gasteiger partial charge in [-0.3, -0.25) is 9.67 Å². The van der Waals surface area contributed by atoms with Crippen LogP contribution in [-0.2, 0) is 13.5 Å². The maximum atomic E-state index is 10.2. The normalized spacial score (nSPS) is 11.5. The summed E-state index contributed by atoms with van der Waals surface area (Å²) in [5.74, 6) is 1.07. The van der Waals surface area contributed by atoms with Gasteiger partial charge in [0.25, 0.3) is 0 Å². The maximum absolute atomic E-state index is 10.2. The van der Waals surface area contributed by atoms with Gasteiger partial charge in [-0.05, 0) is 86.4 Å². The van der Waals surface area contributed by atoms with Crippen molar-refractivity contribution in [2.75, 3.05) is 0 Å². The molecule has 4 aromatic rings. The first-order chi connectivity index (χ1) is 13.3. The smallest absolute Gasteiger partial charge is 0.200 e. The van der Waals surface area contributed by atoms with Gasteiger partial charge in [0.1, 0.15) is 5.75 Å². The highest BCUT2D eigenvalue weighted by molar-refractivity contribution is 7.71. The summed E-state index contributed by atoms with van der Waals surface area (Å²) >= 11 is 5.56. The van der Waals surface area contributed by atoms with Crippen molar-refractivity contribution in [1.29, 1.82) is 0 Å². The molecule has 28 heavy (non-hydrogen) atoms. The zero-order chi connectivity index (χ0) is 20.2. The molecule has 2 aromatic carbocycles. The van der Waals surface area contributed by atoms with Crippen LogP contribution in [-0.4, -0.2) is 24.4 Å². The number of nitrogens with zero attached hydrogens (tertiary/aromatic N) is 3. The molecular formula is C22H24N4OS. The third kappa shape index (κ3) is 2.67. The van der Waals surface area contributed by atoms with E-state index in [-0.39, 0.29) is 0 Å². The molecule has 2 N–H and O–H groups in total. The summed E-state index contributed by atoms with van der Waals surface area (Å²) in [7, 11) is 2.09. The monoisotopic (exact) mass is 392 g/mol. The molecule has 0 amide bonds. The van der Waals surface area contributed by atoms with Gasteiger partial charge in [0.05, 0.1) is 5.69 Å². The molecule has 0 aliphatic carbocycles. The van der Waals surface area contributed by atoms with Gasteiger partial charge in [0.2, 0.25) is 0 Å². The zero-order valence-corrected chi connectivity index (χ0v) is 17.6. The SMILES string of the molecule is CCc1cc(-c2n[nH]c(=S)n2-c2ccc3c(c2)c(C)c(C)n3C)c(C)cc1O. The molecule has 0 atom stereocenters. The van der Waals surface area contributed by atoms with Crippen molar-refractivity contribution < 1.29 is 5.11 Å². The lowest BCUT2D eigenvalue weighted by molar-refractivity contribution is 0.468. The first-order valence-electron chi connectivity index (χ1n) is 9.39. The number of fused-ring (bicyclic) bond motifs is 1. The number of phenols is 1. The second-order valence-electron chi connectivity index (χ2n) is 7.31. The van der Waals surface area contributed by atoms with Crippen molar-refractivity contribution in [3.8, 4) is 22.8 Å². The van der Waals surface area contributed by atoms with Crippen molar-refractivity contribution in [1.82, 2.24) is 19.3 Å². The number of rotatable bonds is 3. The summed E-state index contributed by atoms with van der Waals surface area (Å²) in [5, 5.41) is 18.8. The molecule has 5 nitrogen and oxygen atoms in total. The summed E-state index contributed by atoms with van der Waals surface area (Å²) in [5.41, 5.74) is 7.51. The van der Waals surface area contributed by atoms with Crippen LogP contribution in [0.4, 0.5) is 0 Å². The third-order valence-electron chi connectivity index (χ3n) is 5.77. The fraction of sp³-hybridized carbons (Fsp3) is 0.273. The molecular weight excluding hydrogens is 368 g/mol.